The Morgan fingerprint density at radius 3 is 2.42 bits per heavy atom. The number of piperazine rings is 1. The van der Waals surface area contributed by atoms with Gasteiger partial charge in [-0.1, -0.05) is 29.3 Å². The lowest BCUT2D eigenvalue weighted by molar-refractivity contribution is -0.137. The van der Waals surface area contributed by atoms with E-state index in [0.717, 1.165) is 17.4 Å². The van der Waals surface area contributed by atoms with Crippen molar-refractivity contribution >= 4 is 51.9 Å². The molecule has 1 amide bonds. The molecule has 6 rings (SSSR count). The molecule has 0 unspecified atom stereocenters. The fraction of sp³-hybridized carbons (Fsp3) is 0.286. The van der Waals surface area contributed by atoms with Crippen LogP contribution in [0.15, 0.2) is 71.8 Å². The smallest absolute Gasteiger partial charge is 0.368 e. The highest BCUT2D eigenvalue weighted by Gasteiger charge is 2.60. The molecule has 1 saturated heterocycles. The molecule has 0 N–H and O–H groups in total. The monoisotopic (exact) mass is 558 g/mol. The number of fused-ring (bicyclic) bond motifs is 4. The van der Waals surface area contributed by atoms with Gasteiger partial charge in [0.15, 0.2) is 0 Å². The lowest BCUT2D eigenvalue weighted by Gasteiger charge is -2.53. The molecule has 1 spiro atoms. The zero-order chi connectivity index (χ0) is 26.8. The van der Waals surface area contributed by atoms with E-state index < -0.39 is 17.2 Å². The van der Waals surface area contributed by atoms with Gasteiger partial charge in [0.05, 0.1) is 23.0 Å². The molecule has 3 aliphatic rings. The number of anilines is 3. The minimum Gasteiger partial charge on any atom is -0.368 e. The molecule has 3 aromatic rings. The highest BCUT2D eigenvalue weighted by atomic mass is 35.5. The summed E-state index contributed by atoms with van der Waals surface area (Å²) in [6.45, 7) is 3.42. The van der Waals surface area contributed by atoms with Gasteiger partial charge in [0.25, 0.3) is 5.91 Å². The molecule has 196 valence electrons. The number of benzene rings is 3. The average molecular weight is 559 g/mol. The quantitative estimate of drug-likeness (QED) is 0.352. The van der Waals surface area contributed by atoms with Crippen molar-refractivity contribution in [2.24, 2.45) is 10.5 Å². The summed E-state index contributed by atoms with van der Waals surface area (Å²) in [5, 5.41) is 7.16. The van der Waals surface area contributed by atoms with E-state index in [2.05, 4.69) is 14.9 Å². The molecule has 0 radical (unpaired) electrons. The number of nitrogens with zero attached hydrogens (tertiary/aromatic N) is 4. The molecule has 3 aliphatic heterocycles. The molecule has 0 bridgehead atoms. The third-order valence-corrected chi connectivity index (χ3v) is 8.34. The Balaban J connectivity index is 1.47. The molecule has 3 aromatic carbocycles. The van der Waals surface area contributed by atoms with E-state index >= 15 is 0 Å². The fourth-order valence-electron chi connectivity index (χ4n) is 5.98. The molecule has 1 fully saturated rings. The molecule has 0 aliphatic carbocycles. The number of carbonyl (C=O) groups excluding carboxylic acids is 1. The van der Waals surface area contributed by atoms with Crippen molar-refractivity contribution in [2.75, 3.05) is 34.4 Å². The lowest BCUT2D eigenvalue weighted by Crippen LogP contribution is -2.67. The lowest BCUT2D eigenvalue weighted by atomic mass is 9.67. The largest absolute Gasteiger partial charge is 0.416 e. The number of hydrogen-bond donors (Lipinski definition) is 0. The highest BCUT2D eigenvalue weighted by molar-refractivity contribution is 6.31. The van der Waals surface area contributed by atoms with Crippen molar-refractivity contribution in [1.29, 1.82) is 0 Å². The van der Waals surface area contributed by atoms with Gasteiger partial charge in [-0.3, -0.25) is 4.79 Å². The number of hydrazone groups is 1. The van der Waals surface area contributed by atoms with Crippen molar-refractivity contribution in [1.82, 2.24) is 0 Å². The van der Waals surface area contributed by atoms with Crippen LogP contribution in [0.4, 0.5) is 30.2 Å². The Bertz CT molecular complexity index is 1460. The van der Waals surface area contributed by atoms with Gasteiger partial charge in [-0.25, -0.2) is 0 Å². The van der Waals surface area contributed by atoms with E-state index in [1.807, 2.05) is 18.2 Å². The second kappa shape index (κ2) is 8.92. The van der Waals surface area contributed by atoms with Crippen LogP contribution in [0.3, 0.4) is 0 Å². The first kappa shape index (κ1) is 25.1. The van der Waals surface area contributed by atoms with Crippen LogP contribution >= 0.6 is 23.2 Å². The maximum atomic E-state index is 14.3. The predicted molar refractivity (Wildman–Crippen MR) is 144 cm³/mol. The summed E-state index contributed by atoms with van der Waals surface area (Å²) >= 11 is 12.3. The van der Waals surface area contributed by atoms with Gasteiger partial charge in [0.1, 0.15) is 5.41 Å². The summed E-state index contributed by atoms with van der Waals surface area (Å²) < 4.78 is 41.0. The van der Waals surface area contributed by atoms with E-state index in [4.69, 9.17) is 23.2 Å². The SMILES string of the molecule is CC1=NN(c2ccc(Cl)cc2)C(=O)[C@@]12Cc1cc(C(F)(F)F)ccc1N1CCN(c3cccc(Cl)c3)C[C@@H]12. The van der Waals surface area contributed by atoms with Gasteiger partial charge >= 0.3 is 6.18 Å². The van der Waals surface area contributed by atoms with Crippen LogP contribution in [0.1, 0.15) is 18.1 Å². The molecular formula is C28H23Cl2F3N4O. The standard InChI is InChI=1S/C28H23Cl2F3N4O/c1-17-27(26(38)37(34-17)22-8-6-20(29)7-9-22)15-18-13-19(28(31,32)33)5-10-24(18)36-12-11-35(16-25(27)36)23-4-2-3-21(30)14-23/h2-10,13-14,25H,11-12,15-16H2,1H3/t25-,27+/m1/s1. The topological polar surface area (TPSA) is 39.2 Å². The summed E-state index contributed by atoms with van der Waals surface area (Å²) in [7, 11) is 0. The minimum atomic E-state index is -4.48. The van der Waals surface area contributed by atoms with Crippen LogP contribution in [-0.2, 0) is 17.4 Å². The van der Waals surface area contributed by atoms with Gasteiger partial charge < -0.3 is 9.80 Å². The Kier molecular flexibility index (Phi) is 5.88. The van der Waals surface area contributed by atoms with E-state index in [1.54, 1.807) is 37.3 Å². The predicted octanol–water partition coefficient (Wildman–Crippen LogP) is 6.67. The minimum absolute atomic E-state index is 0.120. The number of carbonyl (C=O) groups is 1. The number of halogens is 5. The number of alkyl halides is 3. The van der Waals surface area contributed by atoms with E-state index in [0.29, 0.717) is 46.6 Å². The van der Waals surface area contributed by atoms with Crippen molar-refractivity contribution in [3.05, 3.63) is 87.9 Å². The first-order valence-electron chi connectivity index (χ1n) is 12.2. The summed E-state index contributed by atoms with van der Waals surface area (Å²) in [5.74, 6) is -0.261. The Hall–Kier alpha value is -3.23. The Morgan fingerprint density at radius 2 is 1.71 bits per heavy atom. The fourth-order valence-corrected chi connectivity index (χ4v) is 6.29. The number of amides is 1. The van der Waals surface area contributed by atoms with Crippen LogP contribution in [-0.4, -0.2) is 37.3 Å². The van der Waals surface area contributed by atoms with Gasteiger partial charge in [0, 0.05) is 41.1 Å². The Morgan fingerprint density at radius 1 is 0.947 bits per heavy atom. The van der Waals surface area contributed by atoms with Crippen LogP contribution in [0.5, 0.6) is 0 Å². The molecule has 0 aromatic heterocycles. The van der Waals surface area contributed by atoms with Gasteiger partial charge in [-0.2, -0.15) is 23.3 Å². The van der Waals surface area contributed by atoms with Crippen molar-refractivity contribution < 1.29 is 18.0 Å². The number of rotatable bonds is 2. The maximum absolute atomic E-state index is 14.3. The molecule has 0 saturated carbocycles. The van der Waals surface area contributed by atoms with Crippen molar-refractivity contribution in [3.8, 4) is 0 Å². The zero-order valence-corrected chi connectivity index (χ0v) is 21.9. The molecule has 10 heteroatoms. The van der Waals surface area contributed by atoms with Gasteiger partial charge in [0.2, 0.25) is 0 Å². The van der Waals surface area contributed by atoms with E-state index in [-0.39, 0.29) is 18.4 Å². The van der Waals surface area contributed by atoms with Crippen LogP contribution in [0, 0.1) is 5.41 Å². The molecular weight excluding hydrogens is 536 g/mol. The first-order chi connectivity index (χ1) is 18.1. The van der Waals surface area contributed by atoms with Crippen molar-refractivity contribution in [2.45, 2.75) is 25.6 Å². The summed E-state index contributed by atoms with van der Waals surface area (Å²) in [4.78, 5) is 18.6. The highest BCUT2D eigenvalue weighted by Crippen LogP contribution is 2.49. The third-order valence-electron chi connectivity index (χ3n) is 7.85. The van der Waals surface area contributed by atoms with Gasteiger partial charge in [-0.05, 0) is 79.6 Å². The van der Waals surface area contributed by atoms with Gasteiger partial charge in [-0.15, -0.1) is 0 Å². The van der Waals surface area contributed by atoms with E-state index in [1.165, 1.54) is 17.1 Å². The van der Waals surface area contributed by atoms with Crippen molar-refractivity contribution in [3.63, 3.8) is 0 Å². The summed E-state index contributed by atoms with van der Waals surface area (Å²) in [6, 6.07) is 17.8. The number of hydrogen-bond acceptors (Lipinski definition) is 4. The first-order valence-corrected chi connectivity index (χ1v) is 13.0. The normalized spacial score (nSPS) is 23.0. The zero-order valence-electron chi connectivity index (χ0n) is 20.3. The maximum Gasteiger partial charge on any atom is 0.416 e. The molecule has 5 nitrogen and oxygen atoms in total. The van der Waals surface area contributed by atoms with Crippen LogP contribution in [0.2, 0.25) is 10.0 Å². The molecule has 38 heavy (non-hydrogen) atoms. The second-order valence-electron chi connectivity index (χ2n) is 9.90. The third kappa shape index (κ3) is 3.93. The van der Waals surface area contributed by atoms with Crippen LogP contribution < -0.4 is 14.8 Å². The molecule has 3 heterocycles. The summed E-state index contributed by atoms with van der Waals surface area (Å²) in [5.41, 5.74) is 1.41. The van der Waals surface area contributed by atoms with Crippen LogP contribution in [0.25, 0.3) is 0 Å². The second-order valence-corrected chi connectivity index (χ2v) is 10.8. The summed E-state index contributed by atoms with van der Waals surface area (Å²) in [6.07, 6.45) is -4.36. The van der Waals surface area contributed by atoms with E-state index in [9.17, 15) is 18.0 Å². The Labute approximate surface area is 228 Å². The average Bonchev–Trinajstić information content (AvgIpc) is 3.13. The molecule has 2 atom stereocenters.